The monoisotopic (exact) mass is 217 g/mol. The second-order valence-corrected chi connectivity index (χ2v) is 4.10. The minimum absolute atomic E-state index is 0.0328. The zero-order valence-electron chi connectivity index (χ0n) is 7.69. The van der Waals surface area contributed by atoms with Crippen LogP contribution in [0.4, 0.5) is 0 Å². The molecule has 0 bridgehead atoms. The van der Waals surface area contributed by atoms with Gasteiger partial charge >= 0.3 is 0 Å². The lowest BCUT2D eigenvalue weighted by atomic mass is 10.2. The zero-order chi connectivity index (χ0) is 10.3. The van der Waals surface area contributed by atoms with E-state index in [1.54, 1.807) is 6.08 Å². The number of nitrogens with one attached hydrogen (secondary N) is 1. The molecule has 3 nitrogen and oxygen atoms in total. The summed E-state index contributed by atoms with van der Waals surface area (Å²) in [5, 5.41) is 1.86. The highest BCUT2D eigenvalue weighted by Crippen LogP contribution is 2.35. The molecule has 0 unspecified atom stereocenters. The van der Waals surface area contributed by atoms with E-state index in [0.29, 0.717) is 16.4 Å². The Hall–Kier alpha value is -1.81. The van der Waals surface area contributed by atoms with E-state index in [-0.39, 0.29) is 5.78 Å². The molecule has 0 saturated carbocycles. The number of H-pyrrole nitrogens is 1. The maximum absolute atomic E-state index is 11.8. The van der Waals surface area contributed by atoms with E-state index in [4.69, 9.17) is 4.74 Å². The molecule has 1 N–H and O–H groups in total. The lowest BCUT2D eigenvalue weighted by Crippen LogP contribution is -1.97. The highest BCUT2D eigenvalue weighted by atomic mass is 32.1. The lowest BCUT2D eigenvalue weighted by Gasteiger charge is -1.95. The van der Waals surface area contributed by atoms with Crippen molar-refractivity contribution in [1.82, 2.24) is 4.98 Å². The summed E-state index contributed by atoms with van der Waals surface area (Å²) in [5.41, 5.74) is 0.869. The summed E-state index contributed by atoms with van der Waals surface area (Å²) in [6.45, 7) is 0. The van der Waals surface area contributed by atoms with Gasteiger partial charge in [0.2, 0.25) is 5.78 Å². The fourth-order valence-corrected chi connectivity index (χ4v) is 2.25. The predicted octanol–water partition coefficient (Wildman–Crippen LogP) is 2.69. The quantitative estimate of drug-likeness (QED) is 0.746. The molecule has 74 valence electrons. The van der Waals surface area contributed by atoms with Gasteiger partial charge in [0.15, 0.2) is 5.76 Å². The van der Waals surface area contributed by atoms with Crippen molar-refractivity contribution in [3.63, 3.8) is 0 Å². The number of aromatic nitrogens is 1. The number of allylic oxidation sites excluding steroid dienone is 1. The van der Waals surface area contributed by atoms with E-state index in [2.05, 4.69) is 4.98 Å². The van der Waals surface area contributed by atoms with Gasteiger partial charge < -0.3 is 9.72 Å². The molecule has 4 heteroatoms. The summed E-state index contributed by atoms with van der Waals surface area (Å²) in [5.74, 6) is 1.02. The van der Waals surface area contributed by atoms with Crippen LogP contribution in [-0.2, 0) is 0 Å². The number of ether oxygens (including phenoxy) is 1. The molecule has 2 aromatic rings. The fraction of sp³-hybridized carbons (Fsp3) is 0. The van der Waals surface area contributed by atoms with Crippen LogP contribution in [0.3, 0.4) is 0 Å². The molecule has 1 aliphatic rings. The van der Waals surface area contributed by atoms with Crippen molar-refractivity contribution in [1.29, 1.82) is 0 Å². The molecular formula is C11H7NO2S. The van der Waals surface area contributed by atoms with Crippen molar-refractivity contribution >= 4 is 23.2 Å². The largest absolute Gasteiger partial charge is 0.451 e. The number of hydrogen-bond donors (Lipinski definition) is 1. The summed E-state index contributed by atoms with van der Waals surface area (Å²) in [6.07, 6.45) is 3.52. The number of hydrogen-bond acceptors (Lipinski definition) is 3. The Balaban J connectivity index is 2.00. The first-order valence-corrected chi connectivity index (χ1v) is 5.38. The molecule has 0 spiro atoms. The number of thiophene rings is 1. The predicted molar refractivity (Wildman–Crippen MR) is 58.0 cm³/mol. The smallest absolute Gasteiger partial charge is 0.241 e. The van der Waals surface area contributed by atoms with Crippen LogP contribution in [0.25, 0.3) is 6.08 Å². The number of aromatic amines is 1. The first-order chi connectivity index (χ1) is 7.34. The Morgan fingerprint density at radius 3 is 3.07 bits per heavy atom. The van der Waals surface area contributed by atoms with Gasteiger partial charge in [-0.2, -0.15) is 0 Å². The van der Waals surface area contributed by atoms with Crippen LogP contribution in [0.15, 0.2) is 35.5 Å². The van der Waals surface area contributed by atoms with E-state index in [1.165, 1.54) is 11.3 Å². The highest BCUT2D eigenvalue weighted by Gasteiger charge is 2.28. The Morgan fingerprint density at radius 2 is 2.33 bits per heavy atom. The van der Waals surface area contributed by atoms with E-state index >= 15 is 0 Å². The third-order valence-corrected chi connectivity index (χ3v) is 3.08. The Labute approximate surface area is 90.0 Å². The van der Waals surface area contributed by atoms with Crippen molar-refractivity contribution in [2.24, 2.45) is 0 Å². The van der Waals surface area contributed by atoms with Crippen molar-refractivity contribution in [2.45, 2.75) is 0 Å². The number of ketones is 1. The summed E-state index contributed by atoms with van der Waals surface area (Å²) >= 11 is 1.41. The number of carbonyl (C=O) groups is 1. The van der Waals surface area contributed by atoms with Gasteiger partial charge in [-0.3, -0.25) is 4.79 Å². The molecule has 1 aliphatic heterocycles. The van der Waals surface area contributed by atoms with Crippen molar-refractivity contribution < 1.29 is 9.53 Å². The number of fused-ring (bicyclic) bond motifs is 1. The Kier molecular flexibility index (Phi) is 1.76. The first kappa shape index (κ1) is 8.49. The second-order valence-electron chi connectivity index (χ2n) is 3.18. The van der Waals surface area contributed by atoms with Crippen LogP contribution in [0.2, 0.25) is 0 Å². The molecule has 0 saturated heterocycles. The minimum Gasteiger partial charge on any atom is -0.451 e. The van der Waals surface area contributed by atoms with Gasteiger partial charge in [-0.05, 0) is 23.6 Å². The Bertz CT molecular complexity index is 537. The van der Waals surface area contributed by atoms with Gasteiger partial charge in [0, 0.05) is 18.0 Å². The molecule has 15 heavy (non-hydrogen) atoms. The maximum atomic E-state index is 11.8. The molecule has 0 radical (unpaired) electrons. The normalized spacial score (nSPS) is 16.8. The van der Waals surface area contributed by atoms with Gasteiger partial charge in [-0.25, -0.2) is 0 Å². The number of rotatable bonds is 1. The van der Waals surface area contributed by atoms with Crippen LogP contribution < -0.4 is 4.74 Å². The highest BCUT2D eigenvalue weighted by molar-refractivity contribution is 7.12. The van der Waals surface area contributed by atoms with Gasteiger partial charge in [0.1, 0.15) is 10.6 Å². The summed E-state index contributed by atoms with van der Waals surface area (Å²) in [4.78, 5) is 15.5. The van der Waals surface area contributed by atoms with E-state index < -0.39 is 0 Å². The average Bonchev–Trinajstić information content (AvgIpc) is 2.89. The maximum Gasteiger partial charge on any atom is 0.241 e. The van der Waals surface area contributed by atoms with Gasteiger partial charge in [0.25, 0.3) is 0 Å². The molecule has 0 aliphatic carbocycles. The van der Waals surface area contributed by atoms with E-state index in [9.17, 15) is 4.79 Å². The standard InChI is InChI=1S/C11H7NO2S/c13-10-9(6-7-2-1-4-12-7)14-8-3-5-15-11(8)10/h1-6,12H. The zero-order valence-corrected chi connectivity index (χ0v) is 8.51. The average molecular weight is 217 g/mol. The SMILES string of the molecule is O=C1C(=Cc2ccc[nH]2)Oc2ccsc21. The summed E-state index contributed by atoms with van der Waals surface area (Å²) in [6, 6.07) is 5.57. The van der Waals surface area contributed by atoms with Crippen LogP contribution in [0.5, 0.6) is 5.75 Å². The molecular weight excluding hydrogens is 210 g/mol. The molecule has 0 fully saturated rings. The van der Waals surface area contributed by atoms with Gasteiger partial charge in [-0.15, -0.1) is 11.3 Å². The molecule has 0 atom stereocenters. The van der Waals surface area contributed by atoms with E-state index in [0.717, 1.165) is 5.69 Å². The van der Waals surface area contributed by atoms with Crippen LogP contribution >= 0.6 is 11.3 Å². The van der Waals surface area contributed by atoms with E-state index in [1.807, 2.05) is 29.8 Å². The summed E-state index contributed by atoms with van der Waals surface area (Å²) < 4.78 is 5.43. The number of carbonyl (C=O) groups excluding carboxylic acids is 1. The lowest BCUT2D eigenvalue weighted by molar-refractivity contribution is 0.102. The van der Waals surface area contributed by atoms with Gasteiger partial charge in [-0.1, -0.05) is 0 Å². The fourth-order valence-electron chi connectivity index (χ4n) is 1.49. The first-order valence-electron chi connectivity index (χ1n) is 4.50. The Morgan fingerprint density at radius 1 is 1.40 bits per heavy atom. The molecule has 0 aromatic carbocycles. The molecule has 3 heterocycles. The summed E-state index contributed by atoms with van der Waals surface area (Å²) in [7, 11) is 0. The topological polar surface area (TPSA) is 42.1 Å². The second kappa shape index (κ2) is 3.10. The van der Waals surface area contributed by atoms with Gasteiger partial charge in [0.05, 0.1) is 0 Å². The van der Waals surface area contributed by atoms with Crippen molar-refractivity contribution in [3.8, 4) is 5.75 Å². The van der Waals surface area contributed by atoms with Crippen LogP contribution in [-0.4, -0.2) is 10.8 Å². The molecule has 3 rings (SSSR count). The third-order valence-electron chi connectivity index (χ3n) is 2.19. The van der Waals surface area contributed by atoms with Crippen molar-refractivity contribution in [3.05, 3.63) is 46.1 Å². The molecule has 2 aromatic heterocycles. The third kappa shape index (κ3) is 1.30. The minimum atomic E-state index is -0.0328. The van der Waals surface area contributed by atoms with Crippen LogP contribution in [0.1, 0.15) is 15.4 Å². The number of Topliss-reactive ketones (excluding diaryl/α,β-unsaturated/α-hetero) is 1. The van der Waals surface area contributed by atoms with Crippen LogP contribution in [0, 0.1) is 0 Å². The molecule has 0 amide bonds. The van der Waals surface area contributed by atoms with Crippen molar-refractivity contribution in [2.75, 3.05) is 0 Å².